The highest BCUT2D eigenvalue weighted by molar-refractivity contribution is 6.02. The maximum Gasteiger partial charge on any atom is 0.349 e. The maximum atomic E-state index is 11.7. The van der Waals surface area contributed by atoms with Crippen molar-refractivity contribution in [3.63, 3.8) is 0 Å². The lowest BCUT2D eigenvalue weighted by Crippen LogP contribution is -2.08. The Morgan fingerprint density at radius 2 is 2.18 bits per heavy atom. The molecule has 0 unspecified atom stereocenters. The van der Waals surface area contributed by atoms with Gasteiger partial charge in [-0.05, 0) is 36.5 Å². The summed E-state index contributed by atoms with van der Waals surface area (Å²) in [5, 5.41) is 9.10. The SMILES string of the molecule is CCOC(=O)/C(C#N)=C1/CCc2ccccc21. The van der Waals surface area contributed by atoms with Crippen molar-refractivity contribution in [3.05, 3.63) is 41.0 Å². The highest BCUT2D eigenvalue weighted by atomic mass is 16.5. The zero-order valence-electron chi connectivity index (χ0n) is 9.69. The number of nitriles is 1. The Hall–Kier alpha value is -2.08. The van der Waals surface area contributed by atoms with Crippen LogP contribution in [0, 0.1) is 11.3 Å². The van der Waals surface area contributed by atoms with Crippen LogP contribution in [0.5, 0.6) is 0 Å². The number of carbonyl (C=O) groups excluding carboxylic acids is 1. The summed E-state index contributed by atoms with van der Waals surface area (Å²) < 4.78 is 4.90. The molecular weight excluding hydrogens is 214 g/mol. The molecule has 86 valence electrons. The molecule has 3 nitrogen and oxygen atoms in total. The number of hydrogen-bond acceptors (Lipinski definition) is 3. The molecule has 1 aromatic carbocycles. The zero-order chi connectivity index (χ0) is 12.3. The van der Waals surface area contributed by atoms with Crippen LogP contribution >= 0.6 is 0 Å². The summed E-state index contributed by atoms with van der Waals surface area (Å²) in [6, 6.07) is 9.85. The molecule has 1 aliphatic carbocycles. The molecule has 0 amide bonds. The number of esters is 1. The van der Waals surface area contributed by atoms with E-state index in [2.05, 4.69) is 0 Å². The number of hydrogen-bond donors (Lipinski definition) is 0. The van der Waals surface area contributed by atoms with Crippen LogP contribution in [0.2, 0.25) is 0 Å². The third-order valence-corrected chi connectivity index (χ3v) is 2.88. The predicted molar refractivity (Wildman–Crippen MR) is 63.9 cm³/mol. The first kappa shape index (κ1) is 11.4. The molecule has 0 N–H and O–H groups in total. The summed E-state index contributed by atoms with van der Waals surface area (Å²) in [5.74, 6) is -0.512. The fourth-order valence-corrected chi connectivity index (χ4v) is 2.13. The van der Waals surface area contributed by atoms with E-state index < -0.39 is 5.97 Å². The van der Waals surface area contributed by atoms with Crippen molar-refractivity contribution in [2.45, 2.75) is 19.8 Å². The van der Waals surface area contributed by atoms with Crippen molar-refractivity contribution in [2.75, 3.05) is 6.61 Å². The molecule has 0 saturated carbocycles. The molecule has 0 saturated heterocycles. The molecule has 1 aliphatic rings. The Morgan fingerprint density at radius 1 is 1.41 bits per heavy atom. The first-order valence-electron chi connectivity index (χ1n) is 5.66. The van der Waals surface area contributed by atoms with Crippen molar-refractivity contribution in [1.82, 2.24) is 0 Å². The largest absolute Gasteiger partial charge is 0.462 e. The second kappa shape index (κ2) is 4.84. The van der Waals surface area contributed by atoms with Crippen LogP contribution in [-0.2, 0) is 16.0 Å². The Bertz CT molecular complexity index is 523. The molecule has 17 heavy (non-hydrogen) atoms. The van der Waals surface area contributed by atoms with Crippen molar-refractivity contribution in [3.8, 4) is 6.07 Å². The number of ether oxygens (including phenoxy) is 1. The number of nitrogens with zero attached hydrogens (tertiary/aromatic N) is 1. The number of allylic oxidation sites excluding steroid dienone is 1. The van der Waals surface area contributed by atoms with E-state index in [4.69, 9.17) is 10.00 Å². The summed E-state index contributed by atoms with van der Waals surface area (Å²) in [7, 11) is 0. The van der Waals surface area contributed by atoms with Crippen LogP contribution in [0.4, 0.5) is 0 Å². The quantitative estimate of drug-likeness (QED) is 0.443. The Kier molecular flexibility index (Phi) is 3.24. The molecule has 1 aromatic rings. The van der Waals surface area contributed by atoms with Gasteiger partial charge in [-0.2, -0.15) is 5.26 Å². The van der Waals surface area contributed by atoms with Crippen molar-refractivity contribution in [2.24, 2.45) is 0 Å². The van der Waals surface area contributed by atoms with E-state index in [1.165, 1.54) is 5.56 Å². The zero-order valence-corrected chi connectivity index (χ0v) is 9.69. The minimum Gasteiger partial charge on any atom is -0.462 e. The Labute approximate surface area is 100 Å². The molecule has 0 heterocycles. The lowest BCUT2D eigenvalue weighted by Gasteiger charge is -2.04. The van der Waals surface area contributed by atoms with Crippen molar-refractivity contribution in [1.29, 1.82) is 5.26 Å². The molecule has 0 aromatic heterocycles. The fourth-order valence-electron chi connectivity index (χ4n) is 2.13. The maximum absolute atomic E-state index is 11.7. The molecule has 0 aliphatic heterocycles. The van der Waals surface area contributed by atoms with Gasteiger partial charge in [0.1, 0.15) is 11.6 Å². The monoisotopic (exact) mass is 227 g/mol. The lowest BCUT2D eigenvalue weighted by atomic mass is 10.0. The van der Waals surface area contributed by atoms with Crippen molar-refractivity contribution < 1.29 is 9.53 Å². The summed E-state index contributed by atoms with van der Waals surface area (Å²) in [5.41, 5.74) is 3.18. The highest BCUT2D eigenvalue weighted by Gasteiger charge is 2.23. The van der Waals surface area contributed by atoms with Gasteiger partial charge in [0.25, 0.3) is 0 Å². The number of rotatable bonds is 2. The van der Waals surface area contributed by atoms with Gasteiger partial charge in [-0.15, -0.1) is 0 Å². The first-order chi connectivity index (χ1) is 8.27. The van der Waals surface area contributed by atoms with E-state index in [0.29, 0.717) is 6.61 Å². The van der Waals surface area contributed by atoms with Gasteiger partial charge in [-0.1, -0.05) is 24.3 Å². The number of carbonyl (C=O) groups is 1. The predicted octanol–water partition coefficient (Wildman–Crippen LogP) is 2.47. The molecule has 0 fully saturated rings. The molecule has 0 radical (unpaired) electrons. The van der Waals surface area contributed by atoms with Gasteiger partial charge in [0, 0.05) is 0 Å². The van der Waals surface area contributed by atoms with Gasteiger partial charge in [-0.3, -0.25) is 0 Å². The summed E-state index contributed by atoms with van der Waals surface area (Å²) in [4.78, 5) is 11.7. The van der Waals surface area contributed by atoms with Crippen LogP contribution < -0.4 is 0 Å². The summed E-state index contributed by atoms with van der Waals surface area (Å²) in [6.07, 6.45) is 1.62. The fraction of sp³-hybridized carbons (Fsp3) is 0.286. The minimum atomic E-state index is -0.512. The molecule has 0 bridgehead atoms. The Balaban J connectivity index is 2.46. The van der Waals surface area contributed by atoms with E-state index in [1.54, 1.807) is 6.92 Å². The van der Waals surface area contributed by atoms with Crippen LogP contribution in [-0.4, -0.2) is 12.6 Å². The van der Waals surface area contributed by atoms with Gasteiger partial charge >= 0.3 is 5.97 Å². The van der Waals surface area contributed by atoms with Crippen LogP contribution in [0.1, 0.15) is 24.5 Å². The highest BCUT2D eigenvalue weighted by Crippen LogP contribution is 2.34. The molecular formula is C14H13NO2. The second-order valence-electron chi connectivity index (χ2n) is 3.84. The average molecular weight is 227 g/mol. The van der Waals surface area contributed by atoms with Crippen LogP contribution in [0.15, 0.2) is 29.8 Å². The van der Waals surface area contributed by atoms with Gasteiger partial charge in [0.15, 0.2) is 0 Å². The van der Waals surface area contributed by atoms with Crippen LogP contribution in [0.3, 0.4) is 0 Å². The smallest absolute Gasteiger partial charge is 0.349 e. The van der Waals surface area contributed by atoms with Crippen LogP contribution in [0.25, 0.3) is 5.57 Å². The topological polar surface area (TPSA) is 50.1 Å². The van der Waals surface area contributed by atoms with E-state index in [0.717, 1.165) is 24.0 Å². The van der Waals surface area contributed by atoms with E-state index in [-0.39, 0.29) is 5.57 Å². The van der Waals surface area contributed by atoms with Gasteiger partial charge < -0.3 is 4.74 Å². The third-order valence-electron chi connectivity index (χ3n) is 2.88. The van der Waals surface area contributed by atoms with Gasteiger partial charge in [0.2, 0.25) is 0 Å². The number of benzene rings is 1. The second-order valence-corrected chi connectivity index (χ2v) is 3.84. The first-order valence-corrected chi connectivity index (χ1v) is 5.66. The molecule has 0 atom stereocenters. The average Bonchev–Trinajstić information content (AvgIpc) is 2.75. The van der Waals surface area contributed by atoms with Gasteiger partial charge in [0.05, 0.1) is 6.61 Å². The summed E-state index contributed by atoms with van der Waals surface area (Å²) >= 11 is 0. The molecule has 2 rings (SSSR count). The van der Waals surface area contributed by atoms with E-state index >= 15 is 0 Å². The number of fused-ring (bicyclic) bond motifs is 1. The minimum absolute atomic E-state index is 0.150. The standard InChI is InChI=1S/C14H13NO2/c1-2-17-14(16)13(9-15)12-8-7-10-5-3-4-6-11(10)12/h3-6H,2,7-8H2,1H3/b13-12-. The molecule has 3 heteroatoms. The lowest BCUT2D eigenvalue weighted by molar-refractivity contribution is -0.137. The normalized spacial score (nSPS) is 16.0. The van der Waals surface area contributed by atoms with Gasteiger partial charge in [-0.25, -0.2) is 4.79 Å². The Morgan fingerprint density at radius 3 is 2.88 bits per heavy atom. The number of aryl methyl sites for hydroxylation is 1. The molecule has 0 spiro atoms. The van der Waals surface area contributed by atoms with E-state index in [9.17, 15) is 4.79 Å². The van der Waals surface area contributed by atoms with Crippen molar-refractivity contribution >= 4 is 11.5 Å². The summed E-state index contributed by atoms with van der Waals surface area (Å²) in [6.45, 7) is 2.03. The van der Waals surface area contributed by atoms with E-state index in [1.807, 2.05) is 30.3 Å². The third kappa shape index (κ3) is 2.07.